The monoisotopic (exact) mass is 148 g/mol. The van der Waals surface area contributed by atoms with Gasteiger partial charge in [-0.3, -0.25) is 10.1 Å². The lowest BCUT2D eigenvalue weighted by atomic mass is 10.6. The fourth-order valence-electron chi connectivity index (χ4n) is 0.180. The lowest BCUT2D eigenvalue weighted by molar-refractivity contribution is -0.758. The molecule has 0 N–H and O–H groups in total. The van der Waals surface area contributed by atoms with Crippen LogP contribution in [0.1, 0.15) is 0 Å². The first kappa shape index (κ1) is 8.34. The zero-order valence-electron chi connectivity index (χ0n) is 4.85. The molecule has 0 atom stereocenters. The van der Waals surface area contributed by atoms with Crippen molar-refractivity contribution in [3.63, 3.8) is 0 Å². The van der Waals surface area contributed by atoms with Crippen LogP contribution in [0.4, 0.5) is 0 Å². The normalized spacial score (nSPS) is 8.40. The molecule has 0 saturated heterocycles. The highest BCUT2D eigenvalue weighted by Gasteiger charge is 2.08. The molecule has 0 unspecified atom stereocenters. The van der Waals surface area contributed by atoms with Crippen LogP contribution < -0.4 is 0 Å². The molecule has 0 aliphatic heterocycles. The van der Waals surface area contributed by atoms with Gasteiger partial charge in [-0.15, -0.1) is 10.1 Å². The molecule has 0 aromatic carbocycles. The van der Waals surface area contributed by atoms with E-state index in [1.807, 2.05) is 0 Å². The van der Waals surface area contributed by atoms with Crippen LogP contribution in [0.5, 0.6) is 0 Å². The minimum absolute atomic E-state index is 0.545. The smallest absolute Gasteiger partial charge is 0.295 e. The Labute approximate surface area is 55.2 Å². The predicted molar refractivity (Wildman–Crippen MR) is 29.1 cm³/mol. The molecule has 0 heterocycles. The molecule has 7 heteroatoms. The Morgan fingerprint density at radius 3 is 2.30 bits per heavy atom. The Morgan fingerprint density at radius 2 is 2.00 bits per heavy atom. The van der Waals surface area contributed by atoms with Crippen molar-refractivity contribution in [1.82, 2.24) is 0 Å². The fourth-order valence-corrected chi connectivity index (χ4v) is 0.180. The number of nitrogens with zero attached hydrogens (tertiary/aromatic N) is 2. The van der Waals surface area contributed by atoms with Gasteiger partial charge >= 0.3 is 0 Å². The van der Waals surface area contributed by atoms with Gasteiger partial charge < -0.3 is 4.84 Å². The maximum Gasteiger partial charge on any atom is 0.295 e. The van der Waals surface area contributed by atoms with Gasteiger partial charge in [0.1, 0.15) is 0 Å². The molecular weight excluding hydrogens is 144 g/mol. The lowest BCUT2D eigenvalue weighted by Gasteiger charge is -1.92. The van der Waals surface area contributed by atoms with E-state index in [2.05, 4.69) is 11.4 Å². The zero-order chi connectivity index (χ0) is 8.15. The van der Waals surface area contributed by atoms with E-state index in [1.165, 1.54) is 0 Å². The van der Waals surface area contributed by atoms with Crippen LogP contribution >= 0.6 is 0 Å². The molecule has 0 amide bonds. The Bertz CT molecular complexity index is 176. The third-order valence-corrected chi connectivity index (χ3v) is 0.595. The summed E-state index contributed by atoms with van der Waals surface area (Å²) < 4.78 is 0. The molecule has 0 fully saturated rings. The molecule has 0 saturated carbocycles. The zero-order valence-corrected chi connectivity index (χ0v) is 4.85. The maximum absolute atomic E-state index is 9.72. The molecule has 0 aliphatic carbocycles. The van der Waals surface area contributed by atoms with Crippen LogP contribution in [0.3, 0.4) is 0 Å². The molecular formula is C3H4N2O5. The van der Waals surface area contributed by atoms with Gasteiger partial charge in [-0.05, 0) is 6.58 Å². The van der Waals surface area contributed by atoms with E-state index in [1.54, 1.807) is 0 Å². The molecule has 0 aliphatic rings. The quantitative estimate of drug-likeness (QED) is 0.412. The second-order valence-electron chi connectivity index (χ2n) is 1.32. The highest BCUT2D eigenvalue weighted by molar-refractivity contribution is 4.78. The predicted octanol–water partition coefficient (Wildman–Crippen LogP) is -0.0149. The first-order valence-electron chi connectivity index (χ1n) is 2.13. The largest absolute Gasteiger partial charge is 0.302 e. The molecule has 0 radical (unpaired) electrons. The average molecular weight is 148 g/mol. The number of rotatable bonds is 4. The molecule has 0 aromatic heterocycles. The summed E-state index contributed by atoms with van der Waals surface area (Å²) >= 11 is 0. The van der Waals surface area contributed by atoms with Gasteiger partial charge in [0, 0.05) is 0 Å². The van der Waals surface area contributed by atoms with Crippen molar-refractivity contribution in [2.24, 2.45) is 0 Å². The molecule has 0 rings (SSSR count). The van der Waals surface area contributed by atoms with Gasteiger partial charge in [0.2, 0.25) is 0 Å². The van der Waals surface area contributed by atoms with Crippen molar-refractivity contribution in [1.29, 1.82) is 0 Å². The van der Waals surface area contributed by atoms with Crippen LogP contribution in [0.15, 0.2) is 12.3 Å². The van der Waals surface area contributed by atoms with Crippen molar-refractivity contribution in [3.05, 3.63) is 32.5 Å². The number of hydrogen-bond acceptors (Lipinski definition) is 5. The van der Waals surface area contributed by atoms with E-state index >= 15 is 0 Å². The molecule has 10 heavy (non-hydrogen) atoms. The summed E-state index contributed by atoms with van der Waals surface area (Å²) in [5.41, 5.74) is -0.545. The van der Waals surface area contributed by atoms with Crippen molar-refractivity contribution in [3.8, 4) is 0 Å². The number of nitro groups is 1. The van der Waals surface area contributed by atoms with Crippen LogP contribution in [0, 0.1) is 20.2 Å². The third kappa shape index (κ3) is 3.36. The first-order valence-corrected chi connectivity index (χ1v) is 2.13. The van der Waals surface area contributed by atoms with Crippen molar-refractivity contribution in [2.75, 3.05) is 6.61 Å². The summed E-state index contributed by atoms with van der Waals surface area (Å²) in [6.07, 6.45) is 0. The van der Waals surface area contributed by atoms with Gasteiger partial charge in [0.05, 0.1) is 4.92 Å². The molecule has 0 spiro atoms. The average Bonchev–Trinajstić information content (AvgIpc) is 1.82. The second-order valence-corrected chi connectivity index (χ2v) is 1.32. The van der Waals surface area contributed by atoms with Crippen LogP contribution in [-0.2, 0) is 4.84 Å². The Morgan fingerprint density at radius 1 is 1.50 bits per heavy atom. The molecule has 56 valence electrons. The first-order chi connectivity index (χ1) is 4.54. The minimum Gasteiger partial charge on any atom is -0.302 e. The van der Waals surface area contributed by atoms with Gasteiger partial charge in [-0.1, -0.05) is 0 Å². The SMILES string of the molecule is C=C(CO[N+](=O)[O-])[N+](=O)[O-]. The third-order valence-electron chi connectivity index (χ3n) is 0.595. The van der Waals surface area contributed by atoms with E-state index in [-0.39, 0.29) is 0 Å². The summed E-state index contributed by atoms with van der Waals surface area (Å²) in [4.78, 5) is 22.0. The van der Waals surface area contributed by atoms with E-state index in [9.17, 15) is 20.2 Å². The summed E-state index contributed by atoms with van der Waals surface area (Å²) in [7, 11) is 0. The van der Waals surface area contributed by atoms with Gasteiger partial charge in [0.15, 0.2) is 6.61 Å². The van der Waals surface area contributed by atoms with Crippen LogP contribution in [0.2, 0.25) is 0 Å². The van der Waals surface area contributed by atoms with Crippen molar-refractivity contribution < 1.29 is 14.8 Å². The molecule has 0 aromatic rings. The van der Waals surface area contributed by atoms with Crippen molar-refractivity contribution >= 4 is 0 Å². The topological polar surface area (TPSA) is 95.5 Å². The highest BCUT2D eigenvalue weighted by atomic mass is 16.9. The number of hydrogen-bond donors (Lipinski definition) is 0. The summed E-state index contributed by atoms with van der Waals surface area (Å²) in [6, 6.07) is 0. The summed E-state index contributed by atoms with van der Waals surface area (Å²) in [5, 5.41) is 18.0. The van der Waals surface area contributed by atoms with E-state index in [0.29, 0.717) is 0 Å². The lowest BCUT2D eigenvalue weighted by Crippen LogP contribution is -2.09. The fraction of sp³-hybridized carbons (Fsp3) is 0.333. The van der Waals surface area contributed by atoms with E-state index in [0.717, 1.165) is 0 Å². The van der Waals surface area contributed by atoms with Crippen molar-refractivity contribution in [2.45, 2.75) is 0 Å². The highest BCUT2D eigenvalue weighted by Crippen LogP contribution is 1.90. The van der Waals surface area contributed by atoms with Gasteiger partial charge in [-0.25, -0.2) is 0 Å². The van der Waals surface area contributed by atoms with Crippen LogP contribution in [0.25, 0.3) is 0 Å². The minimum atomic E-state index is -1.12. The van der Waals surface area contributed by atoms with E-state index in [4.69, 9.17) is 0 Å². The van der Waals surface area contributed by atoms with Gasteiger partial charge in [-0.2, -0.15) is 0 Å². The Balaban J connectivity index is 3.60. The van der Waals surface area contributed by atoms with Gasteiger partial charge in [0.25, 0.3) is 10.8 Å². The molecule has 7 nitrogen and oxygen atoms in total. The van der Waals surface area contributed by atoms with Crippen LogP contribution in [-0.4, -0.2) is 16.6 Å². The Kier molecular flexibility index (Phi) is 2.82. The summed E-state index contributed by atoms with van der Waals surface area (Å²) in [5.74, 6) is 0. The molecule has 0 bridgehead atoms. The Hall–Kier alpha value is -1.66. The van der Waals surface area contributed by atoms with E-state index < -0.39 is 22.3 Å². The maximum atomic E-state index is 9.72. The summed E-state index contributed by atoms with van der Waals surface area (Å²) in [6.45, 7) is 2.20. The standard InChI is InChI=1S/C3H4N2O5/c1-3(4(6)7)2-10-5(8)9/h1-2H2. The second kappa shape index (κ2) is 3.38.